The van der Waals surface area contributed by atoms with Gasteiger partial charge in [-0.25, -0.2) is 4.79 Å². The third kappa shape index (κ3) is 2.92. The SMILES string of the molecule is CCC(C1(c2ccccc2)CCCCC1)C(O)(C(=O)O)C(F)(F)F. The molecule has 1 aromatic rings. The first-order valence-electron chi connectivity index (χ1n) is 8.28. The Hall–Kier alpha value is -1.56. The average molecular weight is 344 g/mol. The fourth-order valence-electron chi connectivity index (χ4n) is 4.34. The Morgan fingerprint density at radius 1 is 1.17 bits per heavy atom. The molecule has 2 unspecified atom stereocenters. The second-order valence-electron chi connectivity index (χ2n) is 6.61. The van der Waals surface area contributed by atoms with E-state index in [-0.39, 0.29) is 6.42 Å². The summed E-state index contributed by atoms with van der Waals surface area (Å²) in [6.45, 7) is 1.52. The van der Waals surface area contributed by atoms with Gasteiger partial charge in [0.05, 0.1) is 0 Å². The van der Waals surface area contributed by atoms with Crippen molar-refractivity contribution in [3.8, 4) is 0 Å². The van der Waals surface area contributed by atoms with E-state index in [1.54, 1.807) is 30.3 Å². The van der Waals surface area contributed by atoms with Crippen LogP contribution in [0.15, 0.2) is 30.3 Å². The van der Waals surface area contributed by atoms with E-state index in [0.717, 1.165) is 19.3 Å². The van der Waals surface area contributed by atoms with Gasteiger partial charge >= 0.3 is 12.1 Å². The first kappa shape index (κ1) is 18.8. The van der Waals surface area contributed by atoms with Crippen LogP contribution in [0.3, 0.4) is 0 Å². The third-order valence-corrected chi connectivity index (χ3v) is 5.43. The van der Waals surface area contributed by atoms with Gasteiger partial charge in [0.1, 0.15) is 0 Å². The summed E-state index contributed by atoms with van der Waals surface area (Å²) in [4.78, 5) is 11.5. The van der Waals surface area contributed by atoms with E-state index in [0.29, 0.717) is 18.4 Å². The molecule has 24 heavy (non-hydrogen) atoms. The van der Waals surface area contributed by atoms with Crippen molar-refractivity contribution in [1.82, 2.24) is 0 Å². The van der Waals surface area contributed by atoms with Gasteiger partial charge in [-0.1, -0.05) is 56.5 Å². The van der Waals surface area contributed by atoms with Gasteiger partial charge in [-0.3, -0.25) is 0 Å². The number of aliphatic carboxylic acids is 1. The van der Waals surface area contributed by atoms with Crippen molar-refractivity contribution in [3.05, 3.63) is 35.9 Å². The molecule has 0 bridgehead atoms. The lowest BCUT2D eigenvalue weighted by atomic mass is 9.56. The molecule has 0 aliphatic heterocycles. The van der Waals surface area contributed by atoms with Crippen LogP contribution in [0.1, 0.15) is 51.0 Å². The van der Waals surface area contributed by atoms with Gasteiger partial charge in [-0.05, 0) is 24.8 Å². The van der Waals surface area contributed by atoms with Crippen molar-refractivity contribution < 1.29 is 28.2 Å². The predicted molar refractivity (Wildman–Crippen MR) is 83.6 cm³/mol. The van der Waals surface area contributed by atoms with E-state index in [1.807, 2.05) is 0 Å². The molecular formula is C18H23F3O3. The summed E-state index contributed by atoms with van der Waals surface area (Å²) in [5, 5.41) is 19.6. The molecule has 0 spiro atoms. The van der Waals surface area contributed by atoms with Crippen LogP contribution in [0.25, 0.3) is 0 Å². The number of hydrogen-bond acceptors (Lipinski definition) is 2. The highest BCUT2D eigenvalue weighted by Crippen LogP contribution is 2.53. The number of aliphatic hydroxyl groups is 1. The topological polar surface area (TPSA) is 57.5 Å². The van der Waals surface area contributed by atoms with Crippen molar-refractivity contribution in [2.24, 2.45) is 5.92 Å². The van der Waals surface area contributed by atoms with Gasteiger partial charge < -0.3 is 10.2 Å². The molecule has 134 valence electrons. The maximum atomic E-state index is 13.6. The van der Waals surface area contributed by atoms with Gasteiger partial charge in [0, 0.05) is 11.3 Å². The van der Waals surface area contributed by atoms with Crippen LogP contribution in [0.2, 0.25) is 0 Å². The van der Waals surface area contributed by atoms with E-state index in [4.69, 9.17) is 0 Å². The summed E-state index contributed by atoms with van der Waals surface area (Å²) in [7, 11) is 0. The summed E-state index contributed by atoms with van der Waals surface area (Å²) >= 11 is 0. The molecule has 0 amide bonds. The minimum absolute atomic E-state index is 0.0722. The van der Waals surface area contributed by atoms with Crippen LogP contribution in [0, 0.1) is 5.92 Å². The van der Waals surface area contributed by atoms with Crippen molar-refractivity contribution in [2.45, 2.75) is 62.6 Å². The summed E-state index contributed by atoms with van der Waals surface area (Å²) in [6.07, 6.45) is -2.07. The highest BCUT2D eigenvalue weighted by Gasteiger charge is 2.68. The summed E-state index contributed by atoms with van der Waals surface area (Å²) < 4.78 is 40.8. The molecule has 1 saturated carbocycles. The minimum atomic E-state index is -5.24. The quantitative estimate of drug-likeness (QED) is 0.838. The Kier molecular flexibility index (Phi) is 5.28. The Morgan fingerprint density at radius 3 is 2.12 bits per heavy atom. The molecule has 1 aliphatic carbocycles. The van der Waals surface area contributed by atoms with E-state index in [1.165, 1.54) is 6.92 Å². The largest absolute Gasteiger partial charge is 0.479 e. The van der Waals surface area contributed by atoms with Crippen LogP contribution < -0.4 is 0 Å². The third-order valence-electron chi connectivity index (χ3n) is 5.43. The lowest BCUT2D eigenvalue weighted by Gasteiger charge is -2.49. The van der Waals surface area contributed by atoms with Gasteiger partial charge in [0.25, 0.3) is 5.60 Å². The lowest BCUT2D eigenvalue weighted by Crippen LogP contribution is -2.63. The molecule has 0 aromatic heterocycles. The smallest absolute Gasteiger partial charge is 0.428 e. The molecule has 0 radical (unpaired) electrons. The molecule has 1 aliphatic rings. The Bertz CT molecular complexity index is 565. The van der Waals surface area contributed by atoms with Crippen molar-refractivity contribution in [2.75, 3.05) is 0 Å². The first-order chi connectivity index (χ1) is 11.2. The number of alkyl halides is 3. The fourth-order valence-corrected chi connectivity index (χ4v) is 4.34. The second kappa shape index (κ2) is 6.75. The molecule has 2 N–H and O–H groups in total. The first-order valence-corrected chi connectivity index (χ1v) is 8.28. The number of carbonyl (C=O) groups is 1. The van der Waals surface area contributed by atoms with Gasteiger partial charge in [0.15, 0.2) is 0 Å². The number of carboxylic acids is 1. The Morgan fingerprint density at radius 2 is 1.71 bits per heavy atom. The van der Waals surface area contributed by atoms with Crippen LogP contribution >= 0.6 is 0 Å². The number of halogens is 3. The molecule has 2 atom stereocenters. The molecule has 0 saturated heterocycles. The molecule has 3 nitrogen and oxygen atoms in total. The fraction of sp³-hybridized carbons (Fsp3) is 0.611. The lowest BCUT2D eigenvalue weighted by molar-refractivity contribution is -0.284. The Balaban J connectivity index is 2.64. The average Bonchev–Trinajstić information content (AvgIpc) is 2.55. The zero-order chi connectivity index (χ0) is 18.0. The second-order valence-corrected chi connectivity index (χ2v) is 6.61. The minimum Gasteiger partial charge on any atom is -0.479 e. The maximum absolute atomic E-state index is 13.6. The number of carboxylic acid groups (broad SMARTS) is 1. The van der Waals surface area contributed by atoms with Crippen LogP contribution in [-0.2, 0) is 10.2 Å². The predicted octanol–water partition coefficient (Wildman–Crippen LogP) is 4.29. The highest BCUT2D eigenvalue weighted by molar-refractivity contribution is 5.79. The van der Waals surface area contributed by atoms with Crippen LogP contribution in [0.5, 0.6) is 0 Å². The molecular weight excluding hydrogens is 321 g/mol. The molecule has 2 rings (SSSR count). The standard InChI is InChI=1S/C18H23F3O3/c1-2-14(17(24,15(22)23)18(19,20)21)16(11-7-4-8-12-16)13-9-5-3-6-10-13/h3,5-6,9-10,14,24H,2,4,7-8,11-12H2,1H3,(H,22,23). The van der Waals surface area contributed by atoms with Gasteiger partial charge in [-0.15, -0.1) is 0 Å². The Labute approximate surface area is 139 Å². The van der Waals surface area contributed by atoms with Crippen molar-refractivity contribution in [1.29, 1.82) is 0 Å². The normalized spacial score (nSPS) is 21.7. The number of benzene rings is 1. The van der Waals surface area contributed by atoms with E-state index in [2.05, 4.69) is 0 Å². The summed E-state index contributed by atoms with van der Waals surface area (Å²) in [5.41, 5.74) is -4.06. The number of hydrogen-bond donors (Lipinski definition) is 2. The molecule has 6 heteroatoms. The van der Waals surface area contributed by atoms with E-state index in [9.17, 15) is 28.2 Å². The maximum Gasteiger partial charge on any atom is 0.428 e. The van der Waals surface area contributed by atoms with E-state index < -0.39 is 29.1 Å². The monoisotopic (exact) mass is 344 g/mol. The zero-order valence-corrected chi connectivity index (χ0v) is 13.6. The molecule has 1 fully saturated rings. The van der Waals surface area contributed by atoms with Crippen molar-refractivity contribution in [3.63, 3.8) is 0 Å². The van der Waals surface area contributed by atoms with Crippen LogP contribution in [-0.4, -0.2) is 28.0 Å². The summed E-state index contributed by atoms with van der Waals surface area (Å²) in [5.74, 6) is -3.66. The van der Waals surface area contributed by atoms with Crippen LogP contribution in [0.4, 0.5) is 13.2 Å². The number of rotatable bonds is 5. The highest BCUT2D eigenvalue weighted by atomic mass is 19.4. The van der Waals surface area contributed by atoms with Crippen molar-refractivity contribution >= 4 is 5.97 Å². The molecule has 0 heterocycles. The zero-order valence-electron chi connectivity index (χ0n) is 13.6. The summed E-state index contributed by atoms with van der Waals surface area (Å²) in [6, 6.07) is 8.74. The van der Waals surface area contributed by atoms with Gasteiger partial charge in [-0.2, -0.15) is 13.2 Å². The van der Waals surface area contributed by atoms with Gasteiger partial charge in [0.2, 0.25) is 0 Å². The van der Waals surface area contributed by atoms with E-state index >= 15 is 0 Å². The molecule has 1 aromatic carbocycles.